The van der Waals surface area contributed by atoms with Crippen molar-refractivity contribution in [3.8, 4) is 11.8 Å². The fourth-order valence-corrected chi connectivity index (χ4v) is 3.91. The van der Waals surface area contributed by atoms with Crippen LogP contribution in [-0.2, 0) is 4.74 Å². The number of ether oxygens (including phenoxy) is 1. The molecule has 8 heteroatoms. The smallest absolute Gasteiger partial charge is 0.350 e. The normalized spacial score (nSPS) is 9.78. The third-order valence-corrected chi connectivity index (χ3v) is 5.17. The Morgan fingerprint density at radius 2 is 2.13 bits per heavy atom. The number of nitrogens with two attached hydrogens (primary N) is 1. The predicted octanol–water partition coefficient (Wildman–Crippen LogP) is -0.288. The van der Waals surface area contributed by atoms with Crippen LogP contribution in [0.3, 0.4) is 0 Å². The van der Waals surface area contributed by atoms with Gasteiger partial charge in [-0.1, -0.05) is 11.8 Å². The number of aromatic nitrogens is 1. The minimum Gasteiger partial charge on any atom is -1.00 e. The molecule has 0 saturated carbocycles. The number of carbonyl (C=O) groups is 1. The van der Waals surface area contributed by atoms with Gasteiger partial charge in [0.15, 0.2) is 12.4 Å². The molecule has 0 atom stereocenters. The van der Waals surface area contributed by atoms with Gasteiger partial charge in [-0.15, -0.1) is 11.3 Å². The lowest BCUT2D eigenvalue weighted by Crippen LogP contribution is -3.00. The van der Waals surface area contributed by atoms with E-state index >= 15 is 0 Å². The van der Waals surface area contributed by atoms with Crippen molar-refractivity contribution in [3.05, 3.63) is 35.0 Å². The second kappa shape index (κ2) is 8.91. The molecular weight excluding hydrogens is 398 g/mol. The van der Waals surface area contributed by atoms with E-state index in [1.807, 2.05) is 36.0 Å². The third kappa shape index (κ3) is 4.47. The first kappa shape index (κ1) is 19.5. The number of anilines is 1. The van der Waals surface area contributed by atoms with Gasteiger partial charge in [0.25, 0.3) is 5.69 Å². The highest BCUT2D eigenvalue weighted by Crippen LogP contribution is 2.38. The summed E-state index contributed by atoms with van der Waals surface area (Å²) in [5.41, 5.74) is 8.41. The molecule has 5 nitrogen and oxygen atoms in total. The molecule has 2 heterocycles. The lowest BCUT2D eigenvalue weighted by atomic mass is 10.3. The molecule has 0 bridgehead atoms. The van der Waals surface area contributed by atoms with Crippen molar-refractivity contribution in [3.63, 3.8) is 0 Å². The number of hydrogen-bond acceptors (Lipinski definition) is 6. The molecule has 0 fully saturated rings. The van der Waals surface area contributed by atoms with E-state index in [1.54, 1.807) is 6.92 Å². The van der Waals surface area contributed by atoms with Gasteiger partial charge >= 0.3 is 5.97 Å². The van der Waals surface area contributed by atoms with E-state index < -0.39 is 5.97 Å². The highest BCUT2D eigenvalue weighted by Gasteiger charge is 2.28. The summed E-state index contributed by atoms with van der Waals surface area (Å²) in [5.74, 6) is -0.135. The standard InChI is InChI=1S/C15H15N3O2S2.BrH/c1-3-20-14(19)13-11(17)12(15(22-13)21-9-6-16)18-7-4-10(2)5-8-18;/h4-5,7-8H,3,9H2,1-2H3,(H-,17,19);1H. The van der Waals surface area contributed by atoms with Crippen LogP contribution in [0.4, 0.5) is 5.69 Å². The molecule has 0 amide bonds. The summed E-state index contributed by atoms with van der Waals surface area (Å²) in [5, 5.41) is 8.80. The van der Waals surface area contributed by atoms with Gasteiger partial charge in [0.2, 0.25) is 0 Å². The molecule has 0 aliphatic carbocycles. The number of nitrogens with zero attached hydrogens (tertiary/aromatic N) is 2. The summed E-state index contributed by atoms with van der Waals surface area (Å²) in [6, 6.07) is 6.01. The number of esters is 1. The fraction of sp³-hybridized carbons (Fsp3) is 0.267. The monoisotopic (exact) mass is 413 g/mol. The molecule has 2 aromatic heterocycles. The van der Waals surface area contributed by atoms with E-state index in [0.29, 0.717) is 22.9 Å². The highest BCUT2D eigenvalue weighted by molar-refractivity contribution is 8.01. The van der Waals surface area contributed by atoms with Crippen LogP contribution >= 0.6 is 23.1 Å². The molecule has 2 rings (SSSR count). The summed E-state index contributed by atoms with van der Waals surface area (Å²) < 4.78 is 7.74. The first-order valence-electron chi connectivity index (χ1n) is 6.65. The number of rotatable bonds is 5. The third-order valence-electron chi connectivity index (χ3n) is 2.87. The molecule has 122 valence electrons. The Morgan fingerprint density at radius 1 is 1.48 bits per heavy atom. The molecule has 0 aliphatic heterocycles. The Kier molecular flexibility index (Phi) is 7.55. The Labute approximate surface area is 153 Å². The van der Waals surface area contributed by atoms with E-state index in [0.717, 1.165) is 15.5 Å². The highest BCUT2D eigenvalue weighted by atomic mass is 79.9. The SMILES string of the molecule is CCOC(=O)c1sc(SCC#N)c(-[n+]2ccc(C)cc2)c1N.[Br-]. The second-order valence-corrected chi connectivity index (χ2v) is 6.70. The van der Waals surface area contributed by atoms with Crippen LogP contribution in [0.2, 0.25) is 0 Å². The maximum Gasteiger partial charge on any atom is 0.350 e. The largest absolute Gasteiger partial charge is 1.00 e. The van der Waals surface area contributed by atoms with E-state index in [9.17, 15) is 4.79 Å². The summed E-state index contributed by atoms with van der Waals surface area (Å²) in [6.45, 7) is 4.04. The number of aryl methyl sites for hydroxylation is 1. The van der Waals surface area contributed by atoms with E-state index in [-0.39, 0.29) is 17.0 Å². The maximum absolute atomic E-state index is 12.0. The Morgan fingerprint density at radius 3 is 2.70 bits per heavy atom. The number of hydrogen-bond donors (Lipinski definition) is 1. The zero-order valence-corrected chi connectivity index (χ0v) is 15.9. The van der Waals surface area contributed by atoms with Gasteiger partial charge in [0, 0.05) is 12.1 Å². The van der Waals surface area contributed by atoms with Gasteiger partial charge in [-0.3, -0.25) is 0 Å². The maximum atomic E-state index is 12.0. The van der Waals surface area contributed by atoms with Crippen LogP contribution in [0.1, 0.15) is 22.2 Å². The molecular formula is C15H16BrN3O2S2. The lowest BCUT2D eigenvalue weighted by Gasteiger charge is -2.00. The van der Waals surface area contributed by atoms with Crippen molar-refractivity contribution in [1.82, 2.24) is 0 Å². The lowest BCUT2D eigenvalue weighted by molar-refractivity contribution is -0.596. The first-order valence-corrected chi connectivity index (χ1v) is 8.46. The van der Waals surface area contributed by atoms with Crippen molar-refractivity contribution >= 4 is 34.8 Å². The van der Waals surface area contributed by atoms with Crippen molar-refractivity contribution in [2.24, 2.45) is 0 Å². The fourth-order valence-electron chi connectivity index (χ4n) is 1.85. The van der Waals surface area contributed by atoms with Crippen LogP contribution < -0.4 is 27.3 Å². The number of nitrogen functional groups attached to an aromatic ring is 1. The molecule has 0 aliphatic rings. The molecule has 0 radical (unpaired) electrons. The van der Waals surface area contributed by atoms with Gasteiger partial charge in [-0.05, 0) is 19.4 Å². The quantitative estimate of drug-likeness (QED) is 0.413. The topological polar surface area (TPSA) is 80.0 Å². The summed E-state index contributed by atoms with van der Waals surface area (Å²) in [7, 11) is 0. The average Bonchev–Trinajstić information content (AvgIpc) is 2.83. The number of pyridine rings is 1. The van der Waals surface area contributed by atoms with Gasteiger partial charge in [0.05, 0.1) is 18.4 Å². The summed E-state index contributed by atoms with van der Waals surface area (Å²) >= 11 is 2.63. The zero-order valence-electron chi connectivity index (χ0n) is 12.7. The number of thioether (sulfide) groups is 1. The molecule has 23 heavy (non-hydrogen) atoms. The van der Waals surface area contributed by atoms with Gasteiger partial charge in [0.1, 0.15) is 14.8 Å². The Balaban J connectivity index is 0.00000264. The van der Waals surface area contributed by atoms with E-state index in [2.05, 4.69) is 6.07 Å². The number of nitriles is 1. The number of thiophene rings is 1. The molecule has 0 unspecified atom stereocenters. The van der Waals surface area contributed by atoms with Crippen molar-refractivity contribution in [2.45, 2.75) is 18.1 Å². The minimum absolute atomic E-state index is 0. The van der Waals surface area contributed by atoms with E-state index in [4.69, 9.17) is 15.7 Å². The van der Waals surface area contributed by atoms with Gasteiger partial charge < -0.3 is 27.5 Å². The van der Waals surface area contributed by atoms with Crippen molar-refractivity contribution in [2.75, 3.05) is 18.1 Å². The van der Waals surface area contributed by atoms with Crippen molar-refractivity contribution < 1.29 is 31.1 Å². The molecule has 0 spiro atoms. The summed E-state index contributed by atoms with van der Waals surface area (Å²) in [4.78, 5) is 12.4. The Bertz CT molecular complexity index is 724. The minimum atomic E-state index is -0.428. The van der Waals surface area contributed by atoms with Crippen LogP contribution in [0.5, 0.6) is 0 Å². The van der Waals surface area contributed by atoms with Gasteiger partial charge in [-0.2, -0.15) is 9.83 Å². The number of halogens is 1. The summed E-state index contributed by atoms with van der Waals surface area (Å²) in [6.07, 6.45) is 3.78. The number of carbonyl (C=O) groups excluding carboxylic acids is 1. The second-order valence-electron chi connectivity index (χ2n) is 4.43. The zero-order chi connectivity index (χ0) is 16.1. The van der Waals surface area contributed by atoms with Crippen LogP contribution in [-0.4, -0.2) is 18.3 Å². The first-order chi connectivity index (χ1) is 10.6. The average molecular weight is 414 g/mol. The molecule has 2 N–H and O–H groups in total. The van der Waals surface area contributed by atoms with Crippen LogP contribution in [0.25, 0.3) is 5.69 Å². The Hall–Kier alpha value is -1.56. The molecule has 0 saturated heterocycles. The predicted molar refractivity (Wildman–Crippen MR) is 87.3 cm³/mol. The van der Waals surface area contributed by atoms with Crippen molar-refractivity contribution in [1.29, 1.82) is 5.26 Å². The van der Waals surface area contributed by atoms with Crippen LogP contribution in [0, 0.1) is 18.3 Å². The van der Waals surface area contributed by atoms with Gasteiger partial charge in [-0.25, -0.2) is 4.79 Å². The van der Waals surface area contributed by atoms with Crippen LogP contribution in [0.15, 0.2) is 28.7 Å². The molecule has 0 aromatic carbocycles. The van der Waals surface area contributed by atoms with E-state index in [1.165, 1.54) is 23.1 Å². The molecule has 2 aromatic rings.